The molecule has 1 fully saturated rings. The van der Waals surface area contributed by atoms with Crippen LogP contribution in [0.5, 0.6) is 0 Å². The van der Waals surface area contributed by atoms with Crippen molar-refractivity contribution in [2.75, 3.05) is 13.1 Å². The molecule has 0 bridgehead atoms. The van der Waals surface area contributed by atoms with Crippen molar-refractivity contribution in [1.29, 1.82) is 5.26 Å². The average molecular weight is 214 g/mol. The van der Waals surface area contributed by atoms with Gasteiger partial charge in [0.2, 0.25) is 0 Å². The van der Waals surface area contributed by atoms with Gasteiger partial charge in [0.15, 0.2) is 0 Å². The van der Waals surface area contributed by atoms with Crippen molar-refractivity contribution in [1.82, 2.24) is 4.90 Å². The van der Waals surface area contributed by atoms with Gasteiger partial charge in [-0.3, -0.25) is 4.90 Å². The summed E-state index contributed by atoms with van der Waals surface area (Å²) in [6, 6.07) is 10.1. The normalized spacial score (nSPS) is 19.6. The van der Waals surface area contributed by atoms with Crippen molar-refractivity contribution in [3.8, 4) is 6.07 Å². The average Bonchev–Trinajstić information content (AvgIpc) is 2.59. The molecule has 1 aromatic carbocycles. The summed E-state index contributed by atoms with van der Waals surface area (Å²) in [5.41, 5.74) is 2.51. The summed E-state index contributed by atoms with van der Waals surface area (Å²) in [6.07, 6.45) is 1.28. The predicted molar refractivity (Wildman–Crippen MR) is 64.8 cm³/mol. The Morgan fingerprint density at radius 2 is 2.00 bits per heavy atom. The van der Waals surface area contributed by atoms with E-state index in [1.165, 1.54) is 25.1 Å². The summed E-state index contributed by atoms with van der Waals surface area (Å²) >= 11 is 0. The van der Waals surface area contributed by atoms with Gasteiger partial charge in [0.1, 0.15) is 0 Å². The van der Waals surface area contributed by atoms with Crippen LogP contribution in [0.15, 0.2) is 24.3 Å². The van der Waals surface area contributed by atoms with Gasteiger partial charge in [0, 0.05) is 13.1 Å². The smallest absolute Gasteiger partial charge is 0.0991 e. The van der Waals surface area contributed by atoms with E-state index in [0.717, 1.165) is 12.1 Å². The zero-order valence-electron chi connectivity index (χ0n) is 10.0. The molecule has 84 valence electrons. The minimum atomic E-state index is 0.465. The minimum Gasteiger partial charge on any atom is -0.299 e. The molecule has 0 atom stereocenters. The summed E-state index contributed by atoms with van der Waals surface area (Å²) in [6.45, 7) is 8.02. The predicted octanol–water partition coefficient (Wildman–Crippen LogP) is 2.79. The Labute approximate surface area is 97.5 Å². The fraction of sp³-hybridized carbons (Fsp3) is 0.500. The van der Waals surface area contributed by atoms with Crippen molar-refractivity contribution in [2.24, 2.45) is 5.41 Å². The lowest BCUT2D eigenvalue weighted by molar-refractivity contribution is 0.284. The first kappa shape index (κ1) is 11.2. The third-order valence-corrected chi connectivity index (χ3v) is 3.25. The van der Waals surface area contributed by atoms with Crippen molar-refractivity contribution < 1.29 is 0 Å². The molecular weight excluding hydrogens is 196 g/mol. The van der Waals surface area contributed by atoms with Crippen molar-refractivity contribution in [3.05, 3.63) is 35.4 Å². The molecule has 0 aromatic heterocycles. The van der Waals surface area contributed by atoms with Crippen LogP contribution in [0.2, 0.25) is 0 Å². The summed E-state index contributed by atoms with van der Waals surface area (Å²) < 4.78 is 0. The van der Waals surface area contributed by atoms with E-state index in [2.05, 4.69) is 36.9 Å². The third kappa shape index (κ3) is 2.62. The van der Waals surface area contributed by atoms with Crippen molar-refractivity contribution >= 4 is 0 Å². The van der Waals surface area contributed by atoms with Crippen LogP contribution in [0.25, 0.3) is 0 Å². The van der Waals surface area contributed by atoms with Crippen LogP contribution in [0.4, 0.5) is 0 Å². The Kier molecular flexibility index (Phi) is 2.98. The van der Waals surface area contributed by atoms with Crippen LogP contribution in [-0.2, 0) is 6.54 Å². The van der Waals surface area contributed by atoms with Crippen LogP contribution in [0.3, 0.4) is 0 Å². The monoisotopic (exact) mass is 214 g/mol. The molecule has 0 N–H and O–H groups in total. The topological polar surface area (TPSA) is 27.0 Å². The Hall–Kier alpha value is -1.33. The molecule has 2 heteroatoms. The first-order chi connectivity index (χ1) is 7.59. The number of rotatable bonds is 2. The second-order valence-electron chi connectivity index (χ2n) is 5.43. The van der Waals surface area contributed by atoms with Gasteiger partial charge < -0.3 is 0 Å². The van der Waals surface area contributed by atoms with Gasteiger partial charge in [-0.05, 0) is 36.1 Å². The van der Waals surface area contributed by atoms with Crippen LogP contribution in [0.1, 0.15) is 31.4 Å². The Morgan fingerprint density at radius 1 is 1.31 bits per heavy atom. The van der Waals surface area contributed by atoms with Crippen LogP contribution >= 0.6 is 0 Å². The molecule has 2 rings (SSSR count). The highest BCUT2D eigenvalue weighted by Crippen LogP contribution is 2.29. The number of hydrogen-bond donors (Lipinski definition) is 0. The molecule has 0 saturated carbocycles. The second kappa shape index (κ2) is 4.27. The van der Waals surface area contributed by atoms with E-state index in [-0.39, 0.29) is 0 Å². The first-order valence-electron chi connectivity index (χ1n) is 5.80. The molecule has 0 unspecified atom stereocenters. The first-order valence-corrected chi connectivity index (χ1v) is 5.80. The molecule has 1 saturated heterocycles. The Balaban J connectivity index is 1.97. The van der Waals surface area contributed by atoms with Crippen LogP contribution < -0.4 is 0 Å². The molecule has 0 radical (unpaired) electrons. The zero-order chi connectivity index (χ0) is 11.6. The van der Waals surface area contributed by atoms with E-state index in [4.69, 9.17) is 5.26 Å². The molecule has 1 aliphatic heterocycles. The van der Waals surface area contributed by atoms with E-state index in [1.807, 2.05) is 12.1 Å². The Morgan fingerprint density at radius 3 is 2.50 bits per heavy atom. The molecule has 1 aliphatic rings. The van der Waals surface area contributed by atoms with Gasteiger partial charge in [-0.2, -0.15) is 5.26 Å². The quantitative estimate of drug-likeness (QED) is 0.757. The van der Waals surface area contributed by atoms with Gasteiger partial charge in [-0.25, -0.2) is 0 Å². The van der Waals surface area contributed by atoms with E-state index in [1.54, 1.807) is 0 Å². The van der Waals surface area contributed by atoms with E-state index in [9.17, 15) is 0 Å². The molecular formula is C14H18N2. The van der Waals surface area contributed by atoms with E-state index in [0.29, 0.717) is 5.41 Å². The highest BCUT2D eigenvalue weighted by Gasteiger charge is 2.28. The van der Waals surface area contributed by atoms with Crippen molar-refractivity contribution in [2.45, 2.75) is 26.8 Å². The standard InChI is InChI=1S/C14H18N2/c1-14(2)7-8-16(11-14)10-13-5-3-12(9-15)4-6-13/h3-6H,7-8,10-11H2,1-2H3. The summed E-state index contributed by atoms with van der Waals surface area (Å²) in [5.74, 6) is 0. The highest BCUT2D eigenvalue weighted by atomic mass is 15.1. The highest BCUT2D eigenvalue weighted by molar-refractivity contribution is 5.31. The maximum atomic E-state index is 8.72. The number of nitriles is 1. The second-order valence-corrected chi connectivity index (χ2v) is 5.43. The van der Waals surface area contributed by atoms with Gasteiger partial charge >= 0.3 is 0 Å². The van der Waals surface area contributed by atoms with Crippen LogP contribution in [0, 0.1) is 16.7 Å². The molecule has 0 spiro atoms. The molecule has 0 amide bonds. The van der Waals surface area contributed by atoms with Gasteiger partial charge in [0.05, 0.1) is 11.6 Å². The summed E-state index contributed by atoms with van der Waals surface area (Å²) in [7, 11) is 0. The molecule has 2 nitrogen and oxygen atoms in total. The zero-order valence-corrected chi connectivity index (χ0v) is 10.0. The molecule has 1 heterocycles. The van der Waals surface area contributed by atoms with E-state index >= 15 is 0 Å². The third-order valence-electron chi connectivity index (χ3n) is 3.25. The SMILES string of the molecule is CC1(C)CCN(Cc2ccc(C#N)cc2)C1. The molecule has 1 aromatic rings. The number of hydrogen-bond acceptors (Lipinski definition) is 2. The maximum Gasteiger partial charge on any atom is 0.0991 e. The van der Waals surface area contributed by atoms with Gasteiger partial charge in [-0.15, -0.1) is 0 Å². The molecule has 0 aliphatic carbocycles. The number of likely N-dealkylation sites (tertiary alicyclic amines) is 1. The van der Waals surface area contributed by atoms with Crippen molar-refractivity contribution in [3.63, 3.8) is 0 Å². The summed E-state index contributed by atoms with van der Waals surface area (Å²) in [4.78, 5) is 2.49. The lowest BCUT2D eigenvalue weighted by Gasteiger charge is -2.19. The maximum absolute atomic E-state index is 8.72. The lowest BCUT2D eigenvalue weighted by atomic mass is 9.93. The lowest BCUT2D eigenvalue weighted by Crippen LogP contribution is -2.22. The van der Waals surface area contributed by atoms with Crippen LogP contribution in [-0.4, -0.2) is 18.0 Å². The fourth-order valence-corrected chi connectivity index (χ4v) is 2.30. The van der Waals surface area contributed by atoms with Gasteiger partial charge in [-0.1, -0.05) is 26.0 Å². The fourth-order valence-electron chi connectivity index (χ4n) is 2.30. The number of nitrogens with zero attached hydrogens (tertiary/aromatic N) is 2. The van der Waals surface area contributed by atoms with Gasteiger partial charge in [0.25, 0.3) is 0 Å². The van der Waals surface area contributed by atoms with E-state index < -0.39 is 0 Å². The molecule has 16 heavy (non-hydrogen) atoms. The summed E-state index contributed by atoms with van der Waals surface area (Å²) in [5, 5.41) is 8.72. The largest absolute Gasteiger partial charge is 0.299 e. The minimum absolute atomic E-state index is 0.465. The number of benzene rings is 1. The Bertz CT molecular complexity index is 398.